The Morgan fingerprint density at radius 2 is 1.74 bits per heavy atom. The van der Waals surface area contributed by atoms with E-state index in [-0.39, 0.29) is 6.61 Å². The Morgan fingerprint density at radius 1 is 1.00 bits per heavy atom. The lowest BCUT2D eigenvalue weighted by Gasteiger charge is -2.09. The third-order valence-corrected chi connectivity index (χ3v) is 3.35. The molecule has 0 saturated heterocycles. The van der Waals surface area contributed by atoms with Gasteiger partial charge in [-0.05, 0) is 29.2 Å². The summed E-state index contributed by atoms with van der Waals surface area (Å²) in [6.07, 6.45) is 2.74. The van der Waals surface area contributed by atoms with Gasteiger partial charge < -0.3 is 9.84 Å². The lowest BCUT2D eigenvalue weighted by molar-refractivity contribution is 0.302. The number of aliphatic hydroxyl groups is 1. The highest BCUT2D eigenvalue weighted by Gasteiger charge is 2.17. The average Bonchev–Trinajstić information content (AvgIpc) is 2.62. The molecule has 2 aromatic carbocycles. The van der Waals surface area contributed by atoms with Gasteiger partial charge >= 0.3 is 0 Å². The van der Waals surface area contributed by atoms with Crippen LogP contribution in [0.2, 0.25) is 0 Å². The number of ether oxygens (including phenoxy) is 1. The van der Waals surface area contributed by atoms with Crippen LogP contribution in [-0.4, -0.2) is 11.7 Å². The Hall–Kier alpha value is -2.06. The standard InChI is InChI=1S/C17H16O2/c18-11-5-9-15-14-7-2-1-6-13(14)12-19-17-10-4-3-8-16(15)17/h1-4,6-10,18H,5,11-12H2. The van der Waals surface area contributed by atoms with Crippen molar-refractivity contribution < 1.29 is 9.84 Å². The van der Waals surface area contributed by atoms with E-state index in [1.165, 1.54) is 11.1 Å². The zero-order valence-electron chi connectivity index (χ0n) is 10.7. The van der Waals surface area contributed by atoms with E-state index in [9.17, 15) is 0 Å². The number of aliphatic hydroxyl groups excluding tert-OH is 1. The van der Waals surface area contributed by atoms with Gasteiger partial charge in [0.05, 0.1) is 0 Å². The van der Waals surface area contributed by atoms with Crippen molar-refractivity contribution in [1.82, 2.24) is 0 Å². The summed E-state index contributed by atoms with van der Waals surface area (Å²) in [7, 11) is 0. The van der Waals surface area contributed by atoms with E-state index in [0.717, 1.165) is 16.9 Å². The molecule has 0 spiro atoms. The Kier molecular flexibility index (Phi) is 3.34. The van der Waals surface area contributed by atoms with E-state index in [4.69, 9.17) is 9.84 Å². The summed E-state index contributed by atoms with van der Waals surface area (Å²) >= 11 is 0. The van der Waals surface area contributed by atoms with Crippen LogP contribution < -0.4 is 4.74 Å². The van der Waals surface area contributed by atoms with Gasteiger partial charge in [-0.2, -0.15) is 0 Å². The topological polar surface area (TPSA) is 29.5 Å². The predicted octanol–water partition coefficient (Wildman–Crippen LogP) is 3.39. The minimum atomic E-state index is 0.161. The number of rotatable bonds is 2. The van der Waals surface area contributed by atoms with Crippen LogP contribution in [0.4, 0.5) is 0 Å². The van der Waals surface area contributed by atoms with Crippen molar-refractivity contribution in [2.45, 2.75) is 13.0 Å². The van der Waals surface area contributed by atoms with Crippen molar-refractivity contribution in [3.8, 4) is 5.75 Å². The van der Waals surface area contributed by atoms with Crippen molar-refractivity contribution in [3.63, 3.8) is 0 Å². The minimum Gasteiger partial charge on any atom is -0.488 e. The first-order chi connectivity index (χ1) is 9.40. The second-order valence-electron chi connectivity index (χ2n) is 4.57. The van der Waals surface area contributed by atoms with Gasteiger partial charge in [-0.1, -0.05) is 48.5 Å². The number of para-hydroxylation sites is 1. The summed E-state index contributed by atoms with van der Waals surface area (Å²) in [5.41, 5.74) is 4.63. The number of hydrogen-bond donors (Lipinski definition) is 1. The molecule has 0 bridgehead atoms. The molecular formula is C17H16O2. The van der Waals surface area contributed by atoms with Crippen molar-refractivity contribution in [2.75, 3.05) is 6.61 Å². The molecule has 0 atom stereocenters. The zero-order valence-corrected chi connectivity index (χ0v) is 10.7. The molecule has 1 N–H and O–H groups in total. The van der Waals surface area contributed by atoms with Gasteiger partial charge in [0.15, 0.2) is 0 Å². The van der Waals surface area contributed by atoms with Crippen molar-refractivity contribution in [2.24, 2.45) is 0 Å². The summed E-state index contributed by atoms with van der Waals surface area (Å²) < 4.78 is 5.88. The van der Waals surface area contributed by atoms with Gasteiger partial charge in [0.1, 0.15) is 12.4 Å². The Bertz CT molecular complexity index is 565. The van der Waals surface area contributed by atoms with Gasteiger partial charge in [-0.25, -0.2) is 0 Å². The van der Waals surface area contributed by atoms with Crippen LogP contribution in [0, 0.1) is 0 Å². The van der Waals surface area contributed by atoms with Crippen molar-refractivity contribution in [1.29, 1.82) is 0 Å². The molecular weight excluding hydrogens is 236 g/mol. The third-order valence-electron chi connectivity index (χ3n) is 3.35. The summed E-state index contributed by atoms with van der Waals surface area (Å²) in [6.45, 7) is 0.748. The quantitative estimate of drug-likeness (QED) is 0.887. The van der Waals surface area contributed by atoms with E-state index in [0.29, 0.717) is 13.0 Å². The monoisotopic (exact) mass is 252 g/mol. The fourth-order valence-electron chi connectivity index (χ4n) is 2.45. The summed E-state index contributed by atoms with van der Waals surface area (Å²) in [4.78, 5) is 0. The van der Waals surface area contributed by atoms with Gasteiger partial charge in [0, 0.05) is 12.2 Å². The van der Waals surface area contributed by atoms with Crippen LogP contribution in [-0.2, 0) is 6.61 Å². The maximum absolute atomic E-state index is 9.09. The van der Waals surface area contributed by atoms with Gasteiger partial charge in [-0.15, -0.1) is 0 Å². The van der Waals surface area contributed by atoms with Crippen LogP contribution in [0.25, 0.3) is 5.57 Å². The van der Waals surface area contributed by atoms with Gasteiger partial charge in [0.25, 0.3) is 0 Å². The highest BCUT2D eigenvalue weighted by Crippen LogP contribution is 2.36. The number of benzene rings is 2. The molecule has 1 heterocycles. The molecule has 19 heavy (non-hydrogen) atoms. The number of hydrogen-bond acceptors (Lipinski definition) is 2. The van der Waals surface area contributed by atoms with E-state index >= 15 is 0 Å². The molecule has 0 saturated carbocycles. The molecule has 0 aliphatic carbocycles. The fraction of sp³-hybridized carbons (Fsp3) is 0.176. The molecule has 0 amide bonds. The highest BCUT2D eigenvalue weighted by atomic mass is 16.5. The van der Waals surface area contributed by atoms with E-state index in [2.05, 4.69) is 24.3 Å². The third kappa shape index (κ3) is 2.27. The number of fused-ring (bicyclic) bond motifs is 2. The van der Waals surface area contributed by atoms with E-state index in [1.807, 2.05) is 30.3 Å². The molecule has 3 rings (SSSR count). The maximum Gasteiger partial charge on any atom is 0.127 e. The largest absolute Gasteiger partial charge is 0.488 e. The van der Waals surface area contributed by atoms with Gasteiger partial charge in [-0.3, -0.25) is 0 Å². The van der Waals surface area contributed by atoms with Crippen LogP contribution in [0.3, 0.4) is 0 Å². The zero-order chi connectivity index (χ0) is 13.1. The first-order valence-electron chi connectivity index (χ1n) is 6.51. The molecule has 0 fully saturated rings. The normalized spacial score (nSPS) is 15.3. The molecule has 0 radical (unpaired) electrons. The first kappa shape index (κ1) is 12.0. The van der Waals surface area contributed by atoms with Crippen LogP contribution >= 0.6 is 0 Å². The second kappa shape index (κ2) is 5.29. The van der Waals surface area contributed by atoms with E-state index in [1.54, 1.807) is 0 Å². The summed E-state index contributed by atoms with van der Waals surface area (Å²) in [5.74, 6) is 0.905. The van der Waals surface area contributed by atoms with Crippen molar-refractivity contribution >= 4 is 5.57 Å². The lowest BCUT2D eigenvalue weighted by atomic mass is 9.93. The maximum atomic E-state index is 9.09. The molecule has 2 aromatic rings. The second-order valence-corrected chi connectivity index (χ2v) is 4.57. The molecule has 2 heteroatoms. The first-order valence-corrected chi connectivity index (χ1v) is 6.51. The molecule has 96 valence electrons. The Balaban J connectivity index is 2.19. The Labute approximate surface area is 113 Å². The van der Waals surface area contributed by atoms with Crippen molar-refractivity contribution in [3.05, 3.63) is 71.3 Å². The molecule has 1 aliphatic heterocycles. The summed E-state index contributed by atoms with van der Waals surface area (Å²) in [6, 6.07) is 16.3. The lowest BCUT2D eigenvalue weighted by Crippen LogP contribution is -1.94. The fourth-order valence-corrected chi connectivity index (χ4v) is 2.45. The van der Waals surface area contributed by atoms with Crippen LogP contribution in [0.5, 0.6) is 5.75 Å². The van der Waals surface area contributed by atoms with Gasteiger partial charge in [0.2, 0.25) is 0 Å². The molecule has 0 aromatic heterocycles. The SMILES string of the molecule is OCCC=C1c2ccccc2COc2ccccc21. The van der Waals surface area contributed by atoms with Crippen LogP contribution in [0.15, 0.2) is 54.6 Å². The smallest absolute Gasteiger partial charge is 0.127 e. The van der Waals surface area contributed by atoms with Crippen LogP contribution in [0.1, 0.15) is 23.1 Å². The molecule has 1 aliphatic rings. The highest BCUT2D eigenvalue weighted by molar-refractivity contribution is 5.84. The predicted molar refractivity (Wildman–Crippen MR) is 76.0 cm³/mol. The van der Waals surface area contributed by atoms with E-state index < -0.39 is 0 Å². The summed E-state index contributed by atoms with van der Waals surface area (Å²) in [5, 5.41) is 9.09. The molecule has 2 nitrogen and oxygen atoms in total. The minimum absolute atomic E-state index is 0.161. The molecule has 0 unspecified atom stereocenters. The Morgan fingerprint density at radius 3 is 2.58 bits per heavy atom. The average molecular weight is 252 g/mol.